The Morgan fingerprint density at radius 3 is 2.67 bits per heavy atom. The first kappa shape index (κ1) is 16.2. The van der Waals surface area contributed by atoms with Crippen molar-refractivity contribution in [2.45, 2.75) is 32.6 Å². The lowest BCUT2D eigenvalue weighted by Gasteiger charge is -2.02. The second kappa shape index (κ2) is 7.27. The van der Waals surface area contributed by atoms with Gasteiger partial charge in [0, 0.05) is 11.1 Å². The third-order valence-corrected chi connectivity index (χ3v) is 4.14. The second-order valence-electron chi connectivity index (χ2n) is 5.91. The minimum Gasteiger partial charge on any atom is -0.338 e. The maximum absolute atomic E-state index is 11.5. The van der Waals surface area contributed by atoms with Gasteiger partial charge in [0.2, 0.25) is 0 Å². The summed E-state index contributed by atoms with van der Waals surface area (Å²) < 4.78 is 0. The van der Waals surface area contributed by atoms with Crippen LogP contribution in [-0.2, 0) is 6.42 Å². The summed E-state index contributed by atoms with van der Waals surface area (Å²) in [5.74, 6) is 0.233. The molecule has 124 valence electrons. The quantitative estimate of drug-likeness (QED) is 0.363. The number of nitrogens with zero attached hydrogens (tertiary/aromatic N) is 1. The number of carbonyl (C=O) groups excluding carboxylic acids is 1. The lowest BCUT2D eigenvalue weighted by Crippen LogP contribution is -2.18. The van der Waals surface area contributed by atoms with E-state index in [9.17, 15) is 4.79 Å². The molecule has 0 aliphatic heterocycles. The van der Waals surface area contributed by atoms with Crippen LogP contribution in [0.4, 0.5) is 0 Å². The highest BCUT2D eigenvalue weighted by Gasteiger charge is 2.09. The smallest absolute Gasteiger partial charge is 0.274 e. The molecule has 5 heteroatoms. The van der Waals surface area contributed by atoms with Crippen molar-refractivity contribution in [3.05, 3.63) is 53.6 Å². The minimum absolute atomic E-state index is 0.381. The second-order valence-corrected chi connectivity index (χ2v) is 5.91. The van der Waals surface area contributed by atoms with Crippen LogP contribution < -0.4 is 5.48 Å². The van der Waals surface area contributed by atoms with E-state index >= 15 is 0 Å². The van der Waals surface area contributed by atoms with Gasteiger partial charge in [0.05, 0.1) is 11.0 Å². The molecule has 3 rings (SSSR count). The summed E-state index contributed by atoms with van der Waals surface area (Å²) in [6.45, 7) is 2.21. The fourth-order valence-corrected chi connectivity index (χ4v) is 2.76. The Morgan fingerprint density at radius 2 is 1.96 bits per heavy atom. The Hall–Kier alpha value is -2.66. The molecule has 0 saturated heterocycles. The molecule has 0 bridgehead atoms. The highest BCUT2D eigenvalue weighted by atomic mass is 16.5. The third kappa shape index (κ3) is 3.46. The van der Waals surface area contributed by atoms with Gasteiger partial charge < -0.3 is 4.98 Å². The summed E-state index contributed by atoms with van der Waals surface area (Å²) in [5, 5.41) is 8.72. The maximum Gasteiger partial charge on any atom is 0.274 e. The number of aromatic amines is 1. The number of carbonyl (C=O) groups is 1. The number of nitrogens with one attached hydrogen (secondary N) is 2. The maximum atomic E-state index is 11.5. The fourth-order valence-electron chi connectivity index (χ4n) is 2.76. The van der Waals surface area contributed by atoms with Crippen LogP contribution in [0, 0.1) is 0 Å². The number of aryl methyl sites for hydroxylation is 1. The third-order valence-electron chi connectivity index (χ3n) is 4.14. The van der Waals surface area contributed by atoms with Gasteiger partial charge in [0.15, 0.2) is 0 Å². The molecule has 3 aromatic rings. The number of rotatable bonds is 6. The van der Waals surface area contributed by atoms with Gasteiger partial charge in [-0.1, -0.05) is 44.0 Å². The Kier molecular flexibility index (Phi) is 4.91. The molecule has 24 heavy (non-hydrogen) atoms. The number of amides is 1. The van der Waals surface area contributed by atoms with Crippen molar-refractivity contribution in [2.24, 2.45) is 0 Å². The largest absolute Gasteiger partial charge is 0.338 e. The summed E-state index contributed by atoms with van der Waals surface area (Å²) >= 11 is 0. The molecule has 0 saturated carbocycles. The number of H-pyrrole nitrogens is 1. The number of benzene rings is 2. The van der Waals surface area contributed by atoms with Crippen LogP contribution in [0.15, 0.2) is 42.5 Å². The van der Waals surface area contributed by atoms with Crippen molar-refractivity contribution < 1.29 is 10.0 Å². The summed E-state index contributed by atoms with van der Waals surface area (Å²) in [4.78, 5) is 19.3. The van der Waals surface area contributed by atoms with Gasteiger partial charge in [-0.05, 0) is 36.6 Å². The van der Waals surface area contributed by atoms with Crippen molar-refractivity contribution in [3.63, 3.8) is 0 Å². The first-order valence-electron chi connectivity index (χ1n) is 8.25. The first-order valence-corrected chi connectivity index (χ1v) is 8.25. The molecule has 0 unspecified atom stereocenters. The highest BCUT2D eigenvalue weighted by molar-refractivity contribution is 5.97. The van der Waals surface area contributed by atoms with Gasteiger partial charge >= 0.3 is 0 Å². The summed E-state index contributed by atoms with van der Waals surface area (Å²) in [7, 11) is 0. The van der Waals surface area contributed by atoms with E-state index in [2.05, 4.69) is 41.2 Å². The average Bonchev–Trinajstić information content (AvgIpc) is 3.05. The number of hydrogen-bond acceptors (Lipinski definition) is 3. The first-order chi connectivity index (χ1) is 11.7. The van der Waals surface area contributed by atoms with Crippen LogP contribution in [0.5, 0.6) is 0 Å². The van der Waals surface area contributed by atoms with Crippen LogP contribution >= 0.6 is 0 Å². The minimum atomic E-state index is -0.538. The molecule has 3 N–H and O–H groups in total. The molecular weight excluding hydrogens is 302 g/mol. The lowest BCUT2D eigenvalue weighted by atomic mass is 10.1. The van der Waals surface area contributed by atoms with Crippen LogP contribution in [0.2, 0.25) is 0 Å². The SMILES string of the molecule is CCCCCc1ccc(-c2nc3ccc(C(=O)NO)cc3[nH]2)cc1. The summed E-state index contributed by atoms with van der Waals surface area (Å²) in [5.41, 5.74) is 5.92. The van der Waals surface area contributed by atoms with Crippen molar-refractivity contribution in [1.82, 2.24) is 15.4 Å². The molecule has 0 radical (unpaired) electrons. The number of unbranched alkanes of at least 4 members (excludes halogenated alkanes) is 2. The Morgan fingerprint density at radius 1 is 1.17 bits per heavy atom. The zero-order valence-corrected chi connectivity index (χ0v) is 13.7. The van der Waals surface area contributed by atoms with Crippen LogP contribution in [0.25, 0.3) is 22.4 Å². The Balaban J connectivity index is 1.82. The number of imidazole rings is 1. The molecule has 1 heterocycles. The van der Waals surface area contributed by atoms with Crippen LogP contribution in [-0.4, -0.2) is 21.1 Å². The van der Waals surface area contributed by atoms with E-state index in [1.807, 2.05) is 0 Å². The van der Waals surface area contributed by atoms with Crippen molar-refractivity contribution >= 4 is 16.9 Å². The Bertz CT molecular complexity index is 837. The number of aromatic nitrogens is 2. The zero-order chi connectivity index (χ0) is 16.9. The fraction of sp³-hybridized carbons (Fsp3) is 0.263. The van der Waals surface area contributed by atoms with E-state index in [-0.39, 0.29) is 0 Å². The number of hydrogen-bond donors (Lipinski definition) is 3. The van der Waals surface area contributed by atoms with Gasteiger partial charge in [0.25, 0.3) is 5.91 Å². The summed E-state index contributed by atoms with van der Waals surface area (Å²) in [6.07, 6.45) is 4.81. The molecule has 2 aromatic carbocycles. The van der Waals surface area contributed by atoms with E-state index in [0.29, 0.717) is 5.56 Å². The van der Waals surface area contributed by atoms with Crippen LogP contribution in [0.3, 0.4) is 0 Å². The number of fused-ring (bicyclic) bond motifs is 1. The van der Waals surface area contributed by atoms with Crippen molar-refractivity contribution in [2.75, 3.05) is 0 Å². The van der Waals surface area contributed by atoms with E-state index in [1.54, 1.807) is 23.7 Å². The molecule has 0 aliphatic rings. The molecule has 1 aromatic heterocycles. The molecule has 0 aliphatic carbocycles. The van der Waals surface area contributed by atoms with E-state index in [4.69, 9.17) is 5.21 Å². The predicted molar refractivity (Wildman–Crippen MR) is 94.0 cm³/mol. The average molecular weight is 323 g/mol. The number of hydroxylamine groups is 1. The van der Waals surface area contributed by atoms with Gasteiger partial charge in [0.1, 0.15) is 5.82 Å². The zero-order valence-electron chi connectivity index (χ0n) is 13.7. The van der Waals surface area contributed by atoms with Crippen molar-refractivity contribution in [3.8, 4) is 11.4 Å². The molecule has 0 fully saturated rings. The van der Waals surface area contributed by atoms with Crippen LogP contribution in [0.1, 0.15) is 42.1 Å². The molecular formula is C19H21N3O2. The van der Waals surface area contributed by atoms with Crippen molar-refractivity contribution in [1.29, 1.82) is 0 Å². The molecule has 0 spiro atoms. The van der Waals surface area contributed by atoms with Gasteiger partial charge in [-0.2, -0.15) is 0 Å². The van der Waals surface area contributed by atoms with Gasteiger partial charge in [-0.15, -0.1) is 0 Å². The van der Waals surface area contributed by atoms with Gasteiger partial charge in [-0.25, -0.2) is 10.5 Å². The predicted octanol–water partition coefficient (Wildman–Crippen LogP) is 4.08. The molecule has 0 atom stereocenters. The molecule has 5 nitrogen and oxygen atoms in total. The van der Waals surface area contributed by atoms with E-state index in [0.717, 1.165) is 28.8 Å². The Labute approximate surface area is 140 Å². The summed E-state index contributed by atoms with van der Waals surface area (Å²) in [6, 6.07) is 13.5. The standard InChI is InChI=1S/C19H21N3O2/c1-2-3-4-5-13-6-8-14(9-7-13)18-20-16-11-10-15(19(23)22-24)12-17(16)21-18/h6-12,24H,2-5H2,1H3,(H,20,21)(H,22,23). The van der Waals surface area contributed by atoms with E-state index < -0.39 is 5.91 Å². The monoisotopic (exact) mass is 323 g/mol. The highest BCUT2D eigenvalue weighted by Crippen LogP contribution is 2.22. The van der Waals surface area contributed by atoms with Gasteiger partial charge in [-0.3, -0.25) is 10.0 Å². The molecule has 1 amide bonds. The normalized spacial score (nSPS) is 10.9. The topological polar surface area (TPSA) is 78.0 Å². The van der Waals surface area contributed by atoms with E-state index in [1.165, 1.54) is 24.8 Å². The lowest BCUT2D eigenvalue weighted by molar-refractivity contribution is 0.0706.